The van der Waals surface area contributed by atoms with Crippen molar-refractivity contribution in [2.45, 2.75) is 27.7 Å². The van der Waals surface area contributed by atoms with Crippen LogP contribution < -0.4 is 21.4 Å². The number of rotatable bonds is 0. The Bertz CT molecular complexity index is 1450. The first-order valence-electron chi connectivity index (χ1n) is 9.62. The first-order valence-corrected chi connectivity index (χ1v) is 9.62. The van der Waals surface area contributed by atoms with Gasteiger partial charge in [0.25, 0.3) is 0 Å². The molecule has 8 bridgehead atoms. The standard InChI is InChI=1S/C24H24N4/c1-13-5-17-9-18-6-15(3)23(26-18)12-24-16(4)8-20(28-24)11-22-14(2)7-19(27-22)10-21(13)25-17/h5-12,25-28H,1-4H3. The maximum absolute atomic E-state index is 3.55. The van der Waals surface area contributed by atoms with Crippen molar-refractivity contribution in [1.29, 1.82) is 0 Å². The fourth-order valence-electron chi connectivity index (χ4n) is 3.94. The summed E-state index contributed by atoms with van der Waals surface area (Å²) in [6, 6.07) is 8.76. The van der Waals surface area contributed by atoms with Crippen LogP contribution in [0.3, 0.4) is 0 Å². The smallest absolute Gasteiger partial charge is 0.0435 e. The summed E-state index contributed by atoms with van der Waals surface area (Å²) in [6.45, 7) is 8.56. The Labute approximate surface area is 163 Å². The molecule has 5 rings (SSSR count). The van der Waals surface area contributed by atoms with Crippen LogP contribution in [0.4, 0.5) is 0 Å². The lowest BCUT2D eigenvalue weighted by Gasteiger charge is -1.91. The van der Waals surface area contributed by atoms with Crippen molar-refractivity contribution in [2.24, 2.45) is 0 Å². The second kappa shape index (κ2) is 6.06. The molecule has 0 radical (unpaired) electrons. The highest BCUT2D eigenvalue weighted by atomic mass is 14.8. The van der Waals surface area contributed by atoms with Gasteiger partial charge < -0.3 is 19.9 Å². The van der Waals surface area contributed by atoms with Crippen LogP contribution in [-0.2, 0) is 0 Å². The molecule has 0 aromatic carbocycles. The molecule has 0 atom stereocenters. The molecule has 0 fully saturated rings. The molecular weight excluding hydrogens is 344 g/mol. The average Bonchev–Trinajstić information content (AvgIpc) is 3.33. The quantitative estimate of drug-likeness (QED) is 0.322. The van der Waals surface area contributed by atoms with Crippen molar-refractivity contribution in [1.82, 2.24) is 19.9 Å². The molecule has 4 nitrogen and oxygen atoms in total. The number of aromatic amines is 4. The summed E-state index contributed by atoms with van der Waals surface area (Å²) in [5.74, 6) is 0. The molecule has 4 N–H and O–H groups in total. The Morgan fingerprint density at radius 3 is 1.61 bits per heavy atom. The van der Waals surface area contributed by atoms with E-state index < -0.39 is 0 Å². The normalized spacial score (nSPS) is 12.7. The van der Waals surface area contributed by atoms with E-state index in [1.807, 2.05) is 0 Å². The SMILES string of the molecule is Cc1cc2[nH]c1C=c1cc(C)c([nH]1)=Cc1cc(C)c([nH]1)C=c1[nH]c(cc1C)=C2. The number of aromatic nitrogens is 4. The zero-order valence-corrected chi connectivity index (χ0v) is 16.6. The molecule has 1 aliphatic rings. The van der Waals surface area contributed by atoms with E-state index in [4.69, 9.17) is 0 Å². The fraction of sp³-hybridized carbons (Fsp3) is 0.167. The van der Waals surface area contributed by atoms with Gasteiger partial charge in [0.05, 0.1) is 0 Å². The van der Waals surface area contributed by atoms with Gasteiger partial charge in [0.2, 0.25) is 0 Å². The van der Waals surface area contributed by atoms with Gasteiger partial charge in [0, 0.05) is 44.2 Å². The second-order valence-electron chi connectivity index (χ2n) is 7.86. The minimum absolute atomic E-state index is 1.09. The predicted octanol–water partition coefficient (Wildman–Crippen LogP) is 1.86. The molecule has 0 saturated carbocycles. The van der Waals surface area contributed by atoms with Crippen molar-refractivity contribution in [3.8, 4) is 0 Å². The number of fused-ring (bicyclic) bond motifs is 8. The first kappa shape index (κ1) is 16.8. The topological polar surface area (TPSA) is 63.2 Å². The third kappa shape index (κ3) is 2.87. The average molecular weight is 368 g/mol. The highest BCUT2D eigenvalue weighted by molar-refractivity contribution is 5.59. The highest BCUT2D eigenvalue weighted by Crippen LogP contribution is 2.12. The van der Waals surface area contributed by atoms with Crippen LogP contribution in [0, 0.1) is 27.7 Å². The second-order valence-corrected chi connectivity index (χ2v) is 7.86. The van der Waals surface area contributed by atoms with Gasteiger partial charge in [-0.1, -0.05) is 0 Å². The monoisotopic (exact) mass is 368 g/mol. The van der Waals surface area contributed by atoms with Crippen molar-refractivity contribution in [2.75, 3.05) is 0 Å². The van der Waals surface area contributed by atoms with Crippen molar-refractivity contribution < 1.29 is 0 Å². The Hall–Kier alpha value is -3.40. The predicted molar refractivity (Wildman–Crippen MR) is 115 cm³/mol. The van der Waals surface area contributed by atoms with E-state index in [1.165, 1.54) is 22.3 Å². The summed E-state index contributed by atoms with van der Waals surface area (Å²) in [5, 5.41) is 4.45. The molecule has 28 heavy (non-hydrogen) atoms. The molecule has 0 unspecified atom stereocenters. The molecule has 4 heteroatoms. The Balaban J connectivity index is 1.86. The third-order valence-corrected chi connectivity index (χ3v) is 5.50. The fourth-order valence-corrected chi connectivity index (χ4v) is 3.94. The van der Waals surface area contributed by atoms with E-state index >= 15 is 0 Å². The van der Waals surface area contributed by atoms with E-state index in [-0.39, 0.29) is 0 Å². The lowest BCUT2D eigenvalue weighted by Crippen LogP contribution is -2.12. The van der Waals surface area contributed by atoms with E-state index in [0.29, 0.717) is 0 Å². The van der Waals surface area contributed by atoms with Crippen LogP contribution in [0.25, 0.3) is 24.3 Å². The maximum Gasteiger partial charge on any atom is 0.0435 e. The lowest BCUT2D eigenvalue weighted by atomic mass is 10.2. The van der Waals surface area contributed by atoms with E-state index in [1.54, 1.807) is 0 Å². The molecule has 4 aromatic heterocycles. The summed E-state index contributed by atoms with van der Waals surface area (Å²) < 4.78 is 0. The van der Waals surface area contributed by atoms with Gasteiger partial charge in [-0.2, -0.15) is 0 Å². The number of hydrogen-bond donors (Lipinski definition) is 4. The van der Waals surface area contributed by atoms with Crippen LogP contribution in [-0.4, -0.2) is 19.9 Å². The summed E-state index contributed by atoms with van der Waals surface area (Å²) in [6.07, 6.45) is 8.70. The van der Waals surface area contributed by atoms with Crippen molar-refractivity contribution in [3.05, 3.63) is 90.7 Å². The summed E-state index contributed by atoms with van der Waals surface area (Å²) in [7, 11) is 0. The van der Waals surface area contributed by atoms with Gasteiger partial charge in [-0.05, 0) is 98.5 Å². The molecule has 1 aliphatic heterocycles. The Morgan fingerprint density at radius 1 is 0.464 bits per heavy atom. The number of H-pyrrole nitrogens is 4. The van der Waals surface area contributed by atoms with Gasteiger partial charge in [0.15, 0.2) is 0 Å². The van der Waals surface area contributed by atoms with Crippen LogP contribution in [0.2, 0.25) is 0 Å². The van der Waals surface area contributed by atoms with Crippen LogP contribution in [0.15, 0.2) is 24.3 Å². The summed E-state index contributed by atoms with van der Waals surface area (Å²) >= 11 is 0. The number of nitrogens with one attached hydrogen (secondary N) is 4. The molecule has 140 valence electrons. The van der Waals surface area contributed by atoms with Gasteiger partial charge in [0.1, 0.15) is 0 Å². The zero-order chi connectivity index (χ0) is 19.4. The third-order valence-electron chi connectivity index (χ3n) is 5.50. The Morgan fingerprint density at radius 2 is 0.964 bits per heavy atom. The van der Waals surface area contributed by atoms with Crippen LogP contribution in [0.1, 0.15) is 45.0 Å². The minimum Gasteiger partial charge on any atom is -0.355 e. The van der Waals surface area contributed by atoms with Crippen LogP contribution in [0.5, 0.6) is 0 Å². The molecule has 4 aromatic rings. The van der Waals surface area contributed by atoms with Crippen molar-refractivity contribution >= 4 is 24.3 Å². The van der Waals surface area contributed by atoms with Crippen LogP contribution >= 0.6 is 0 Å². The molecular formula is C24H24N4. The zero-order valence-electron chi connectivity index (χ0n) is 16.6. The van der Waals surface area contributed by atoms with Gasteiger partial charge in [-0.15, -0.1) is 0 Å². The summed E-state index contributed by atoms with van der Waals surface area (Å²) in [5.41, 5.74) is 9.37. The first-order chi connectivity index (χ1) is 13.4. The van der Waals surface area contributed by atoms with E-state index in [2.05, 4.69) is 96.2 Å². The lowest BCUT2D eigenvalue weighted by molar-refractivity contribution is 1.21. The van der Waals surface area contributed by atoms with E-state index in [9.17, 15) is 0 Å². The Kier molecular flexibility index (Phi) is 3.63. The van der Waals surface area contributed by atoms with Gasteiger partial charge in [-0.25, -0.2) is 0 Å². The molecule has 0 aliphatic carbocycles. The van der Waals surface area contributed by atoms with Gasteiger partial charge in [-0.3, -0.25) is 0 Å². The molecule has 0 saturated heterocycles. The largest absolute Gasteiger partial charge is 0.355 e. The summed E-state index contributed by atoms with van der Waals surface area (Å²) in [4.78, 5) is 14.2. The number of hydrogen-bond acceptors (Lipinski definition) is 0. The molecule has 5 heterocycles. The van der Waals surface area contributed by atoms with Crippen molar-refractivity contribution in [3.63, 3.8) is 0 Å². The minimum atomic E-state index is 1.09. The van der Waals surface area contributed by atoms with Gasteiger partial charge >= 0.3 is 0 Å². The highest BCUT2D eigenvalue weighted by Gasteiger charge is 2.05. The molecule has 0 spiro atoms. The maximum atomic E-state index is 3.55. The molecule has 0 amide bonds. The number of aryl methyl sites for hydroxylation is 4. The van der Waals surface area contributed by atoms with E-state index in [0.717, 1.165) is 44.2 Å².